The molecule has 1 aromatic rings. The van der Waals surface area contributed by atoms with Crippen molar-refractivity contribution < 1.29 is 22.7 Å². The summed E-state index contributed by atoms with van der Waals surface area (Å²) < 4.78 is 43.6. The number of alkyl halides is 3. The third-order valence-corrected chi connectivity index (χ3v) is 5.87. The Labute approximate surface area is 195 Å². The molecule has 0 saturated heterocycles. The zero-order valence-corrected chi connectivity index (χ0v) is 19.1. The lowest BCUT2D eigenvalue weighted by Gasteiger charge is -2.29. The summed E-state index contributed by atoms with van der Waals surface area (Å²) >= 11 is 11.9. The van der Waals surface area contributed by atoms with Crippen LogP contribution in [-0.2, 0) is 10.9 Å². The molecule has 0 radical (unpaired) electrons. The van der Waals surface area contributed by atoms with Crippen molar-refractivity contribution in [3.05, 3.63) is 69.7 Å². The van der Waals surface area contributed by atoms with Gasteiger partial charge in [-0.3, -0.25) is 4.79 Å². The highest BCUT2D eigenvalue weighted by atomic mass is 35.5. The highest BCUT2D eigenvalue weighted by molar-refractivity contribution is 6.33. The van der Waals surface area contributed by atoms with Crippen LogP contribution in [0.1, 0.15) is 41.6 Å². The van der Waals surface area contributed by atoms with Crippen LogP contribution in [0.4, 0.5) is 13.2 Å². The van der Waals surface area contributed by atoms with Crippen LogP contribution in [0.2, 0.25) is 5.02 Å². The quantitative estimate of drug-likeness (QED) is 0.339. The Balaban J connectivity index is 1.82. The van der Waals surface area contributed by atoms with Crippen molar-refractivity contribution in [2.75, 3.05) is 13.7 Å². The van der Waals surface area contributed by atoms with E-state index in [-0.39, 0.29) is 27.5 Å². The standard InChI is InChI=1S/C22H26Cl2F3N3O2/c1-13(3-9-19(24)20(28)32-2)29-12-14-4-7-16(8-5-14)30-21(31)17-11-15(22(25,26)27)6-10-18(17)23/h3,6,9-11,14,16,29H,1,4-5,7-8,12,28H2,2H3,(H,30,31)/b9-3-,20-19-. The average Bonchev–Trinajstić information content (AvgIpc) is 2.75. The zero-order chi connectivity index (χ0) is 23.9. The molecule has 0 atom stereocenters. The molecule has 1 amide bonds. The summed E-state index contributed by atoms with van der Waals surface area (Å²) in [6.07, 6.45) is 1.87. The van der Waals surface area contributed by atoms with Gasteiger partial charge in [-0.05, 0) is 62.0 Å². The van der Waals surface area contributed by atoms with E-state index in [4.69, 9.17) is 33.7 Å². The second kappa shape index (κ2) is 11.5. The van der Waals surface area contributed by atoms with Crippen molar-refractivity contribution in [1.29, 1.82) is 0 Å². The van der Waals surface area contributed by atoms with Crippen LogP contribution >= 0.6 is 23.2 Å². The summed E-state index contributed by atoms with van der Waals surface area (Å²) in [6.45, 7) is 4.61. The van der Waals surface area contributed by atoms with Crippen LogP contribution in [0.25, 0.3) is 0 Å². The fourth-order valence-electron chi connectivity index (χ4n) is 3.34. The predicted octanol–water partition coefficient (Wildman–Crippen LogP) is 5.32. The van der Waals surface area contributed by atoms with Gasteiger partial charge in [0.25, 0.3) is 5.91 Å². The summed E-state index contributed by atoms with van der Waals surface area (Å²) in [4.78, 5) is 12.5. The number of nitrogens with one attached hydrogen (secondary N) is 2. The van der Waals surface area contributed by atoms with Gasteiger partial charge in [-0.2, -0.15) is 13.2 Å². The number of carbonyl (C=O) groups excluding carboxylic acids is 1. The molecule has 4 N–H and O–H groups in total. The van der Waals surface area contributed by atoms with Crippen LogP contribution in [0.5, 0.6) is 0 Å². The zero-order valence-electron chi connectivity index (χ0n) is 17.6. The first-order valence-corrected chi connectivity index (χ1v) is 10.7. The maximum Gasteiger partial charge on any atom is 0.416 e. The topological polar surface area (TPSA) is 76.4 Å². The number of carbonyl (C=O) groups is 1. The number of methoxy groups -OCH3 is 1. The maximum atomic E-state index is 12.9. The average molecular weight is 492 g/mol. The van der Waals surface area contributed by atoms with Gasteiger partial charge >= 0.3 is 6.18 Å². The number of benzene rings is 1. The molecule has 2 rings (SSSR count). The van der Waals surface area contributed by atoms with Gasteiger partial charge in [0.05, 0.1) is 23.3 Å². The van der Waals surface area contributed by atoms with E-state index in [9.17, 15) is 18.0 Å². The summed E-state index contributed by atoms with van der Waals surface area (Å²) in [7, 11) is 1.42. The molecule has 32 heavy (non-hydrogen) atoms. The van der Waals surface area contributed by atoms with Crippen LogP contribution in [0.15, 0.2) is 53.5 Å². The number of nitrogens with two attached hydrogens (primary N) is 1. The largest absolute Gasteiger partial charge is 0.482 e. The molecule has 0 bridgehead atoms. The normalized spacial score (nSPS) is 19.9. The molecule has 0 heterocycles. The summed E-state index contributed by atoms with van der Waals surface area (Å²) in [5, 5.41) is 6.28. The third kappa shape index (κ3) is 7.67. The van der Waals surface area contributed by atoms with Gasteiger partial charge in [-0.1, -0.05) is 29.8 Å². The van der Waals surface area contributed by atoms with Crippen molar-refractivity contribution in [2.24, 2.45) is 11.7 Å². The Kier molecular flexibility index (Phi) is 9.33. The van der Waals surface area contributed by atoms with Gasteiger partial charge in [-0.15, -0.1) is 0 Å². The van der Waals surface area contributed by atoms with Crippen molar-refractivity contribution in [3.63, 3.8) is 0 Å². The van der Waals surface area contributed by atoms with Gasteiger partial charge in [0.2, 0.25) is 5.88 Å². The molecule has 10 heteroatoms. The summed E-state index contributed by atoms with van der Waals surface area (Å²) in [5.74, 6) is -0.107. The monoisotopic (exact) mass is 491 g/mol. The van der Waals surface area contributed by atoms with Crippen LogP contribution in [-0.4, -0.2) is 25.6 Å². The van der Waals surface area contributed by atoms with Gasteiger partial charge in [-0.25, -0.2) is 0 Å². The Bertz CT molecular complexity index is 893. The number of allylic oxidation sites excluding steroid dienone is 3. The fourth-order valence-corrected chi connectivity index (χ4v) is 3.68. The minimum Gasteiger partial charge on any atom is -0.482 e. The molecule has 0 unspecified atom stereocenters. The smallest absolute Gasteiger partial charge is 0.416 e. The molecule has 1 fully saturated rings. The first-order chi connectivity index (χ1) is 15.0. The van der Waals surface area contributed by atoms with E-state index in [2.05, 4.69) is 17.2 Å². The van der Waals surface area contributed by atoms with Crippen LogP contribution in [0, 0.1) is 5.92 Å². The molecule has 0 aliphatic heterocycles. The first kappa shape index (κ1) is 25.9. The third-order valence-electron chi connectivity index (χ3n) is 5.22. The lowest BCUT2D eigenvalue weighted by Crippen LogP contribution is -2.39. The lowest BCUT2D eigenvalue weighted by molar-refractivity contribution is -0.137. The highest BCUT2D eigenvalue weighted by Crippen LogP contribution is 2.32. The highest BCUT2D eigenvalue weighted by Gasteiger charge is 2.32. The molecule has 0 aromatic heterocycles. The van der Waals surface area contributed by atoms with E-state index in [1.165, 1.54) is 7.11 Å². The molecular weight excluding hydrogens is 466 g/mol. The van der Waals surface area contributed by atoms with E-state index in [0.717, 1.165) is 43.9 Å². The number of ether oxygens (including phenoxy) is 1. The molecule has 1 saturated carbocycles. The van der Waals surface area contributed by atoms with Crippen molar-refractivity contribution >= 4 is 29.1 Å². The minimum absolute atomic E-state index is 0.0119. The number of halogens is 5. The Morgan fingerprint density at radius 1 is 1.28 bits per heavy atom. The van der Waals surface area contributed by atoms with Crippen LogP contribution in [0.3, 0.4) is 0 Å². The molecule has 176 valence electrons. The number of hydrogen-bond acceptors (Lipinski definition) is 4. The van der Waals surface area contributed by atoms with Gasteiger partial charge in [0, 0.05) is 18.3 Å². The number of rotatable bonds is 8. The van der Waals surface area contributed by atoms with E-state index in [0.29, 0.717) is 18.2 Å². The summed E-state index contributed by atoms with van der Waals surface area (Å²) in [6, 6.07) is 2.62. The molecule has 0 spiro atoms. The second-order valence-electron chi connectivity index (χ2n) is 7.54. The first-order valence-electron chi connectivity index (χ1n) is 9.99. The van der Waals surface area contributed by atoms with E-state index < -0.39 is 17.6 Å². The maximum absolute atomic E-state index is 12.9. The van der Waals surface area contributed by atoms with Crippen LogP contribution < -0.4 is 16.4 Å². The Morgan fingerprint density at radius 3 is 2.53 bits per heavy atom. The molecular formula is C22H26Cl2F3N3O2. The fraction of sp³-hybridized carbons (Fsp3) is 0.409. The molecule has 5 nitrogen and oxygen atoms in total. The van der Waals surface area contributed by atoms with E-state index in [1.54, 1.807) is 12.2 Å². The van der Waals surface area contributed by atoms with Gasteiger partial charge in [0.15, 0.2) is 0 Å². The SMILES string of the molecule is C=C(/C=C\C(Cl)=C(/N)OC)NCC1CCC(NC(=O)c2cc(C(F)(F)F)ccc2Cl)CC1. The molecule has 1 aliphatic rings. The van der Waals surface area contributed by atoms with Gasteiger partial charge in [0.1, 0.15) is 5.03 Å². The van der Waals surface area contributed by atoms with Gasteiger partial charge < -0.3 is 21.1 Å². The summed E-state index contributed by atoms with van der Waals surface area (Å²) in [5.41, 5.74) is 5.14. The number of amides is 1. The van der Waals surface area contributed by atoms with Crippen molar-refractivity contribution in [2.45, 2.75) is 37.9 Å². The Morgan fingerprint density at radius 2 is 1.94 bits per heavy atom. The number of hydrogen-bond donors (Lipinski definition) is 3. The predicted molar refractivity (Wildman–Crippen MR) is 120 cm³/mol. The molecule has 1 aliphatic carbocycles. The van der Waals surface area contributed by atoms with E-state index >= 15 is 0 Å². The molecule has 1 aromatic carbocycles. The van der Waals surface area contributed by atoms with E-state index in [1.807, 2.05) is 0 Å². The van der Waals surface area contributed by atoms with Crippen molar-refractivity contribution in [1.82, 2.24) is 10.6 Å². The van der Waals surface area contributed by atoms with Crippen molar-refractivity contribution in [3.8, 4) is 0 Å². The second-order valence-corrected chi connectivity index (χ2v) is 8.35. The minimum atomic E-state index is -4.54. The Hall–Kier alpha value is -2.32. The lowest BCUT2D eigenvalue weighted by atomic mass is 9.86.